The van der Waals surface area contributed by atoms with Crippen molar-refractivity contribution in [3.63, 3.8) is 0 Å². The topological polar surface area (TPSA) is 84.1 Å². The molecule has 6 nitrogen and oxygen atoms in total. The molecule has 0 aliphatic carbocycles. The summed E-state index contributed by atoms with van der Waals surface area (Å²) in [5.41, 5.74) is 7.56. The summed E-state index contributed by atoms with van der Waals surface area (Å²) in [5, 5.41) is 0. The number of para-hydroxylation sites is 2. The molecule has 1 saturated heterocycles. The van der Waals surface area contributed by atoms with E-state index in [1.54, 1.807) is 0 Å². The first-order valence-corrected chi connectivity index (χ1v) is 8.22. The third kappa shape index (κ3) is 2.91. The quantitative estimate of drug-likeness (QED) is 0.899. The SMILES string of the molecule is CC(N)C(C)C(=O)N1CCC(n2c(=O)[nH]c3ccccc32)CC1. The molecule has 2 atom stereocenters. The van der Waals surface area contributed by atoms with Crippen molar-refractivity contribution in [1.82, 2.24) is 14.5 Å². The van der Waals surface area contributed by atoms with Crippen molar-refractivity contribution in [3.05, 3.63) is 34.7 Å². The fourth-order valence-electron chi connectivity index (χ4n) is 3.29. The molecule has 3 N–H and O–H groups in total. The number of rotatable bonds is 3. The van der Waals surface area contributed by atoms with Gasteiger partial charge in [-0.1, -0.05) is 19.1 Å². The van der Waals surface area contributed by atoms with Crippen molar-refractivity contribution in [1.29, 1.82) is 0 Å². The van der Waals surface area contributed by atoms with Crippen LogP contribution in [0.15, 0.2) is 29.1 Å². The molecule has 23 heavy (non-hydrogen) atoms. The van der Waals surface area contributed by atoms with Gasteiger partial charge in [0, 0.05) is 25.2 Å². The third-order valence-electron chi connectivity index (χ3n) is 4.94. The van der Waals surface area contributed by atoms with Crippen LogP contribution in [0, 0.1) is 5.92 Å². The van der Waals surface area contributed by atoms with Gasteiger partial charge in [0.05, 0.1) is 17.0 Å². The van der Waals surface area contributed by atoms with Gasteiger partial charge in [0.15, 0.2) is 0 Å². The summed E-state index contributed by atoms with van der Waals surface area (Å²) in [4.78, 5) is 29.4. The number of aromatic nitrogens is 2. The lowest BCUT2D eigenvalue weighted by atomic mass is 9.99. The Balaban J connectivity index is 1.75. The number of carbonyl (C=O) groups excluding carboxylic acids is 1. The molecule has 2 unspecified atom stereocenters. The molecule has 1 amide bonds. The number of fused-ring (bicyclic) bond motifs is 1. The van der Waals surface area contributed by atoms with Gasteiger partial charge in [-0.3, -0.25) is 9.36 Å². The number of nitrogens with two attached hydrogens (primary N) is 1. The summed E-state index contributed by atoms with van der Waals surface area (Å²) in [7, 11) is 0. The van der Waals surface area contributed by atoms with E-state index in [0.717, 1.165) is 23.9 Å². The average molecular weight is 316 g/mol. The summed E-state index contributed by atoms with van der Waals surface area (Å²) in [6.45, 7) is 5.09. The second kappa shape index (κ2) is 6.20. The van der Waals surface area contributed by atoms with Crippen molar-refractivity contribution < 1.29 is 4.79 Å². The molecule has 0 saturated carbocycles. The summed E-state index contributed by atoms with van der Waals surface area (Å²) < 4.78 is 1.84. The minimum absolute atomic E-state index is 0.0695. The van der Waals surface area contributed by atoms with E-state index in [4.69, 9.17) is 5.73 Å². The minimum atomic E-state index is -0.164. The Morgan fingerprint density at radius 2 is 1.91 bits per heavy atom. The second-order valence-corrected chi connectivity index (χ2v) is 6.52. The van der Waals surface area contributed by atoms with Crippen molar-refractivity contribution >= 4 is 16.9 Å². The summed E-state index contributed by atoms with van der Waals surface area (Å²) in [6, 6.07) is 7.72. The van der Waals surface area contributed by atoms with Gasteiger partial charge in [-0.25, -0.2) is 4.79 Å². The van der Waals surface area contributed by atoms with Crippen molar-refractivity contribution in [2.45, 2.75) is 38.8 Å². The highest BCUT2D eigenvalue weighted by Gasteiger charge is 2.29. The van der Waals surface area contributed by atoms with Crippen molar-refractivity contribution in [2.75, 3.05) is 13.1 Å². The Hall–Kier alpha value is -2.08. The van der Waals surface area contributed by atoms with Gasteiger partial charge in [-0.15, -0.1) is 0 Å². The number of imidazole rings is 1. The van der Waals surface area contributed by atoms with Crippen LogP contribution in [0.25, 0.3) is 11.0 Å². The number of nitrogens with one attached hydrogen (secondary N) is 1. The van der Waals surface area contributed by atoms with Crippen LogP contribution in [-0.4, -0.2) is 39.5 Å². The smallest absolute Gasteiger partial charge is 0.326 e. The van der Waals surface area contributed by atoms with Gasteiger partial charge in [0.25, 0.3) is 0 Å². The van der Waals surface area contributed by atoms with E-state index in [0.29, 0.717) is 13.1 Å². The van der Waals surface area contributed by atoms with Crippen molar-refractivity contribution in [3.8, 4) is 0 Å². The predicted molar refractivity (Wildman–Crippen MR) is 90.2 cm³/mol. The maximum atomic E-state index is 12.4. The number of piperidine rings is 1. The summed E-state index contributed by atoms with van der Waals surface area (Å²) in [5.74, 6) is -0.0490. The highest BCUT2D eigenvalue weighted by molar-refractivity contribution is 5.79. The fourth-order valence-corrected chi connectivity index (χ4v) is 3.29. The molecule has 124 valence electrons. The summed E-state index contributed by atoms with van der Waals surface area (Å²) >= 11 is 0. The Labute approximate surface area is 135 Å². The van der Waals surface area contributed by atoms with Gasteiger partial charge >= 0.3 is 5.69 Å². The zero-order valence-corrected chi connectivity index (χ0v) is 13.7. The number of carbonyl (C=O) groups is 1. The van der Waals surface area contributed by atoms with Crippen LogP contribution >= 0.6 is 0 Å². The second-order valence-electron chi connectivity index (χ2n) is 6.52. The van der Waals surface area contributed by atoms with E-state index in [2.05, 4.69) is 4.98 Å². The Kier molecular flexibility index (Phi) is 4.26. The largest absolute Gasteiger partial charge is 0.342 e. The third-order valence-corrected chi connectivity index (χ3v) is 4.94. The molecule has 0 bridgehead atoms. The lowest BCUT2D eigenvalue weighted by Crippen LogP contribution is -2.46. The zero-order chi connectivity index (χ0) is 16.6. The van der Waals surface area contributed by atoms with E-state index in [1.165, 1.54) is 0 Å². The number of amides is 1. The molecule has 2 heterocycles. The van der Waals surface area contributed by atoms with Crippen LogP contribution < -0.4 is 11.4 Å². The normalized spacial score (nSPS) is 19.0. The lowest BCUT2D eigenvalue weighted by Gasteiger charge is -2.34. The molecular weight excluding hydrogens is 292 g/mol. The molecule has 1 aromatic carbocycles. The summed E-state index contributed by atoms with van der Waals surface area (Å²) in [6.07, 6.45) is 1.58. The van der Waals surface area contributed by atoms with Gasteiger partial charge in [0.2, 0.25) is 5.91 Å². The van der Waals surface area contributed by atoms with Gasteiger partial charge in [0.1, 0.15) is 0 Å². The van der Waals surface area contributed by atoms with Gasteiger partial charge in [-0.2, -0.15) is 0 Å². The number of likely N-dealkylation sites (tertiary alicyclic amines) is 1. The highest BCUT2D eigenvalue weighted by atomic mass is 16.2. The monoisotopic (exact) mass is 316 g/mol. The van der Waals surface area contributed by atoms with Crippen LogP contribution in [0.2, 0.25) is 0 Å². The molecule has 6 heteroatoms. The number of hydrogen-bond donors (Lipinski definition) is 2. The Morgan fingerprint density at radius 3 is 2.57 bits per heavy atom. The van der Waals surface area contributed by atoms with Crippen LogP contribution in [0.3, 0.4) is 0 Å². The predicted octanol–water partition coefficient (Wildman–Crippen LogP) is 1.48. The molecule has 1 aliphatic heterocycles. The molecule has 0 spiro atoms. The fraction of sp³-hybridized carbons (Fsp3) is 0.529. The van der Waals surface area contributed by atoms with Gasteiger partial charge in [-0.05, 0) is 31.9 Å². The van der Waals surface area contributed by atoms with E-state index in [1.807, 2.05) is 47.6 Å². The molecular formula is C17H24N4O2. The van der Waals surface area contributed by atoms with Crippen LogP contribution in [-0.2, 0) is 4.79 Å². The molecule has 0 radical (unpaired) electrons. The molecule has 1 fully saturated rings. The zero-order valence-electron chi connectivity index (χ0n) is 13.7. The minimum Gasteiger partial charge on any atom is -0.342 e. The molecule has 3 rings (SSSR count). The maximum absolute atomic E-state index is 12.4. The molecule has 1 aliphatic rings. The van der Waals surface area contributed by atoms with Gasteiger partial charge < -0.3 is 15.6 Å². The first-order chi connectivity index (χ1) is 11.0. The Bertz CT molecular complexity index is 753. The standard InChI is InChI=1S/C17H24N4O2/c1-11(12(2)18)16(22)20-9-7-13(8-10-20)21-15-6-4-3-5-14(15)19-17(21)23/h3-6,11-13H,7-10,18H2,1-2H3,(H,19,23). The Morgan fingerprint density at radius 1 is 1.26 bits per heavy atom. The van der Waals surface area contributed by atoms with Crippen LogP contribution in [0.4, 0.5) is 0 Å². The first kappa shape index (κ1) is 15.8. The number of aromatic amines is 1. The highest BCUT2D eigenvalue weighted by Crippen LogP contribution is 2.25. The molecule has 2 aromatic rings. The van der Waals surface area contributed by atoms with Crippen molar-refractivity contribution in [2.24, 2.45) is 11.7 Å². The number of benzene rings is 1. The van der Waals surface area contributed by atoms with Crippen LogP contribution in [0.5, 0.6) is 0 Å². The van der Waals surface area contributed by atoms with E-state index < -0.39 is 0 Å². The number of H-pyrrole nitrogens is 1. The lowest BCUT2D eigenvalue weighted by molar-refractivity contribution is -0.136. The number of nitrogens with zero attached hydrogens (tertiary/aromatic N) is 2. The van der Waals surface area contributed by atoms with E-state index >= 15 is 0 Å². The maximum Gasteiger partial charge on any atom is 0.326 e. The van der Waals surface area contributed by atoms with E-state index in [-0.39, 0.29) is 29.6 Å². The van der Waals surface area contributed by atoms with E-state index in [9.17, 15) is 9.59 Å². The first-order valence-electron chi connectivity index (χ1n) is 8.22. The van der Waals surface area contributed by atoms with Crippen LogP contribution in [0.1, 0.15) is 32.7 Å². The number of hydrogen-bond acceptors (Lipinski definition) is 3. The average Bonchev–Trinajstić information content (AvgIpc) is 2.89. The molecule has 1 aromatic heterocycles.